The minimum absolute atomic E-state index is 0.0503. The van der Waals surface area contributed by atoms with Crippen molar-refractivity contribution in [1.29, 1.82) is 0 Å². The van der Waals surface area contributed by atoms with E-state index < -0.39 is 5.97 Å². The van der Waals surface area contributed by atoms with Gasteiger partial charge in [-0.2, -0.15) is 0 Å². The number of rotatable bonds is 2. The predicted molar refractivity (Wildman–Crippen MR) is 59.6 cm³/mol. The minimum Gasteiger partial charge on any atom is -0.477 e. The van der Waals surface area contributed by atoms with Crippen LogP contribution in [-0.2, 0) is 0 Å². The van der Waals surface area contributed by atoms with Gasteiger partial charge in [0.1, 0.15) is 11.3 Å². The summed E-state index contributed by atoms with van der Waals surface area (Å²) in [6.45, 7) is 5.93. The van der Waals surface area contributed by atoms with Crippen LogP contribution < -0.4 is 0 Å². The summed E-state index contributed by atoms with van der Waals surface area (Å²) >= 11 is 0. The first kappa shape index (κ1) is 10.6. The van der Waals surface area contributed by atoms with Crippen LogP contribution in [0.5, 0.6) is 0 Å². The molecule has 0 fully saturated rings. The van der Waals surface area contributed by atoms with Crippen LogP contribution in [0.3, 0.4) is 0 Å². The van der Waals surface area contributed by atoms with E-state index in [4.69, 9.17) is 5.11 Å². The summed E-state index contributed by atoms with van der Waals surface area (Å²) in [5.41, 5.74) is 1.41. The molecule has 5 nitrogen and oxygen atoms in total. The van der Waals surface area contributed by atoms with Crippen molar-refractivity contribution in [2.75, 3.05) is 0 Å². The molecule has 2 aromatic heterocycles. The van der Waals surface area contributed by atoms with E-state index >= 15 is 0 Å². The van der Waals surface area contributed by atoms with E-state index in [0.29, 0.717) is 5.65 Å². The van der Waals surface area contributed by atoms with Gasteiger partial charge in [0, 0.05) is 6.04 Å². The van der Waals surface area contributed by atoms with Crippen molar-refractivity contribution >= 4 is 17.1 Å². The van der Waals surface area contributed by atoms with E-state index in [1.807, 2.05) is 25.3 Å². The Labute approximate surface area is 92.8 Å². The SMILES string of the molecule is Cc1nc2ccc(C(=O)O)nc2n1C(C)C. The molecule has 0 aliphatic rings. The molecule has 0 spiro atoms. The summed E-state index contributed by atoms with van der Waals surface area (Å²) in [5.74, 6) is -0.170. The zero-order valence-electron chi connectivity index (χ0n) is 9.43. The van der Waals surface area contributed by atoms with Crippen LogP contribution in [0, 0.1) is 6.92 Å². The lowest BCUT2D eigenvalue weighted by Crippen LogP contribution is -2.06. The number of pyridine rings is 1. The zero-order valence-corrected chi connectivity index (χ0v) is 9.43. The molecule has 0 unspecified atom stereocenters. The Balaban J connectivity index is 2.74. The first-order valence-corrected chi connectivity index (χ1v) is 5.09. The number of fused-ring (bicyclic) bond motifs is 1. The molecular weight excluding hydrogens is 206 g/mol. The van der Waals surface area contributed by atoms with Crippen LogP contribution in [0.25, 0.3) is 11.2 Å². The van der Waals surface area contributed by atoms with E-state index in [1.54, 1.807) is 6.07 Å². The quantitative estimate of drug-likeness (QED) is 0.839. The fourth-order valence-corrected chi connectivity index (χ4v) is 1.82. The first-order chi connectivity index (χ1) is 7.50. The van der Waals surface area contributed by atoms with Crippen LogP contribution in [-0.4, -0.2) is 25.6 Å². The van der Waals surface area contributed by atoms with Gasteiger partial charge in [-0.15, -0.1) is 0 Å². The van der Waals surface area contributed by atoms with Gasteiger partial charge < -0.3 is 9.67 Å². The third-order valence-corrected chi connectivity index (χ3v) is 2.45. The maximum atomic E-state index is 10.8. The van der Waals surface area contributed by atoms with Crippen molar-refractivity contribution in [1.82, 2.24) is 14.5 Å². The summed E-state index contributed by atoms with van der Waals surface area (Å²) in [5, 5.41) is 8.89. The molecule has 0 amide bonds. The van der Waals surface area contributed by atoms with E-state index in [9.17, 15) is 4.79 Å². The molecule has 0 aliphatic carbocycles. The highest BCUT2D eigenvalue weighted by Gasteiger charge is 2.13. The highest BCUT2D eigenvalue weighted by Crippen LogP contribution is 2.19. The number of carboxylic acid groups (broad SMARTS) is 1. The van der Waals surface area contributed by atoms with Crippen molar-refractivity contribution in [3.8, 4) is 0 Å². The lowest BCUT2D eigenvalue weighted by molar-refractivity contribution is 0.0691. The Hall–Kier alpha value is -1.91. The topological polar surface area (TPSA) is 68.0 Å². The Morgan fingerprint density at radius 1 is 1.38 bits per heavy atom. The molecule has 5 heteroatoms. The molecule has 0 bridgehead atoms. The van der Waals surface area contributed by atoms with Gasteiger partial charge in [-0.05, 0) is 32.9 Å². The molecule has 2 aromatic rings. The minimum atomic E-state index is -1.02. The maximum Gasteiger partial charge on any atom is 0.354 e. The van der Waals surface area contributed by atoms with Crippen LogP contribution in [0.2, 0.25) is 0 Å². The number of aryl methyl sites for hydroxylation is 1. The molecule has 2 heterocycles. The number of carboxylic acids is 1. The molecule has 16 heavy (non-hydrogen) atoms. The van der Waals surface area contributed by atoms with Gasteiger partial charge >= 0.3 is 5.97 Å². The summed E-state index contributed by atoms with van der Waals surface area (Å²) in [7, 11) is 0. The number of aromatic carboxylic acids is 1. The van der Waals surface area contributed by atoms with Crippen molar-refractivity contribution < 1.29 is 9.90 Å². The first-order valence-electron chi connectivity index (χ1n) is 5.09. The fourth-order valence-electron chi connectivity index (χ4n) is 1.82. The lowest BCUT2D eigenvalue weighted by Gasteiger charge is -2.09. The second-order valence-electron chi connectivity index (χ2n) is 3.97. The highest BCUT2D eigenvalue weighted by molar-refractivity contribution is 5.88. The van der Waals surface area contributed by atoms with Crippen LogP contribution in [0.4, 0.5) is 0 Å². The smallest absolute Gasteiger partial charge is 0.354 e. The standard InChI is InChI=1S/C11H13N3O2/c1-6(2)14-7(3)12-8-4-5-9(11(15)16)13-10(8)14/h4-6H,1-3H3,(H,15,16). The molecule has 0 saturated carbocycles. The van der Waals surface area contributed by atoms with Gasteiger partial charge in [-0.3, -0.25) is 0 Å². The number of carbonyl (C=O) groups is 1. The van der Waals surface area contributed by atoms with Crippen molar-refractivity contribution in [3.63, 3.8) is 0 Å². The monoisotopic (exact) mass is 219 g/mol. The number of aromatic nitrogens is 3. The van der Waals surface area contributed by atoms with Crippen molar-refractivity contribution in [2.45, 2.75) is 26.8 Å². The van der Waals surface area contributed by atoms with Gasteiger partial charge in [0.05, 0.1) is 0 Å². The molecule has 84 valence electrons. The molecule has 0 saturated heterocycles. The van der Waals surface area contributed by atoms with Crippen LogP contribution in [0.1, 0.15) is 36.2 Å². The van der Waals surface area contributed by atoms with Gasteiger partial charge in [0.2, 0.25) is 0 Å². The largest absolute Gasteiger partial charge is 0.477 e. The predicted octanol–water partition coefficient (Wildman–Crippen LogP) is 2.02. The fraction of sp³-hybridized carbons (Fsp3) is 0.364. The highest BCUT2D eigenvalue weighted by atomic mass is 16.4. The molecule has 0 radical (unpaired) electrons. The summed E-state index contributed by atoms with van der Waals surface area (Å²) in [6.07, 6.45) is 0. The number of nitrogens with zero attached hydrogens (tertiary/aromatic N) is 3. The Kier molecular flexibility index (Phi) is 2.38. The molecule has 0 atom stereocenters. The normalized spacial score (nSPS) is 11.2. The third-order valence-electron chi connectivity index (χ3n) is 2.45. The zero-order chi connectivity index (χ0) is 11.9. The van der Waals surface area contributed by atoms with Crippen molar-refractivity contribution in [3.05, 3.63) is 23.7 Å². The maximum absolute atomic E-state index is 10.8. The summed E-state index contributed by atoms with van der Waals surface area (Å²) in [4.78, 5) is 19.3. The molecule has 0 aliphatic heterocycles. The summed E-state index contributed by atoms with van der Waals surface area (Å²) in [6, 6.07) is 3.38. The molecule has 1 N–H and O–H groups in total. The Morgan fingerprint density at radius 3 is 2.62 bits per heavy atom. The van der Waals surface area contributed by atoms with Gasteiger partial charge in [0.15, 0.2) is 11.3 Å². The van der Waals surface area contributed by atoms with Crippen molar-refractivity contribution in [2.24, 2.45) is 0 Å². The van der Waals surface area contributed by atoms with Gasteiger partial charge in [0.25, 0.3) is 0 Å². The van der Waals surface area contributed by atoms with E-state index in [-0.39, 0.29) is 11.7 Å². The average Bonchev–Trinajstić information content (AvgIpc) is 2.51. The molecule has 0 aromatic carbocycles. The van der Waals surface area contributed by atoms with Crippen LogP contribution in [0.15, 0.2) is 12.1 Å². The second kappa shape index (κ2) is 3.59. The van der Waals surface area contributed by atoms with E-state index in [1.165, 1.54) is 6.07 Å². The number of hydrogen-bond acceptors (Lipinski definition) is 3. The molecule has 2 rings (SSSR count). The van der Waals surface area contributed by atoms with E-state index in [2.05, 4.69) is 9.97 Å². The Morgan fingerprint density at radius 2 is 2.06 bits per heavy atom. The lowest BCUT2D eigenvalue weighted by atomic mass is 10.3. The second-order valence-corrected chi connectivity index (χ2v) is 3.97. The number of imidazole rings is 1. The Bertz CT molecular complexity index is 558. The molecular formula is C11H13N3O2. The average molecular weight is 219 g/mol. The van der Waals surface area contributed by atoms with Gasteiger partial charge in [-0.1, -0.05) is 0 Å². The van der Waals surface area contributed by atoms with Gasteiger partial charge in [-0.25, -0.2) is 14.8 Å². The van der Waals surface area contributed by atoms with E-state index in [0.717, 1.165) is 11.3 Å². The number of hydrogen-bond donors (Lipinski definition) is 1. The third kappa shape index (κ3) is 1.54. The summed E-state index contributed by atoms with van der Waals surface area (Å²) < 4.78 is 1.93. The van der Waals surface area contributed by atoms with Crippen LogP contribution >= 0.6 is 0 Å².